The van der Waals surface area contributed by atoms with Gasteiger partial charge in [-0.15, -0.1) is 0 Å². The highest BCUT2D eigenvalue weighted by Crippen LogP contribution is 2.33. The monoisotopic (exact) mass is 436 g/mol. The predicted octanol–water partition coefficient (Wildman–Crippen LogP) is 8.26. The van der Waals surface area contributed by atoms with Crippen LogP contribution in [0, 0.1) is 0 Å². The fraction of sp³-hybridized carbons (Fsp3) is 0. The van der Waals surface area contributed by atoms with E-state index in [4.69, 9.17) is 9.40 Å². The Balaban J connectivity index is 1.30. The van der Waals surface area contributed by atoms with E-state index in [0.29, 0.717) is 5.89 Å². The summed E-state index contributed by atoms with van der Waals surface area (Å²) in [5, 5.41) is 2.52. The topological polar surface area (TPSA) is 31.0 Å². The van der Waals surface area contributed by atoms with Crippen molar-refractivity contribution in [2.75, 3.05) is 0 Å². The largest absolute Gasteiger partial charge is 0.436 e. The van der Waals surface area contributed by atoms with Gasteiger partial charge in [-0.05, 0) is 59.7 Å². The summed E-state index contributed by atoms with van der Waals surface area (Å²) >= 11 is 0. The standard InChI is InChI=1S/C31H20N2O/c1-2-8-21(9-3-1)23-16-19-30-27(20-23)32-31(34-30)22-14-17-24(18-15-22)33-28-12-6-4-10-25(28)26-11-5-7-13-29(26)33/h1-20H. The summed E-state index contributed by atoms with van der Waals surface area (Å²) in [5.74, 6) is 0.633. The highest BCUT2D eigenvalue weighted by molar-refractivity contribution is 6.09. The maximum absolute atomic E-state index is 6.10. The molecule has 0 bridgehead atoms. The Bertz CT molecular complexity index is 1740. The second-order valence-electron chi connectivity index (χ2n) is 8.48. The number of oxazole rings is 1. The van der Waals surface area contributed by atoms with Gasteiger partial charge in [0.05, 0.1) is 11.0 Å². The maximum atomic E-state index is 6.10. The average Bonchev–Trinajstić information content (AvgIpc) is 3.48. The van der Waals surface area contributed by atoms with E-state index >= 15 is 0 Å². The minimum Gasteiger partial charge on any atom is -0.436 e. The minimum absolute atomic E-state index is 0.633. The summed E-state index contributed by atoms with van der Waals surface area (Å²) in [6.45, 7) is 0. The molecule has 0 unspecified atom stereocenters. The molecular weight excluding hydrogens is 416 g/mol. The Labute approximate surface area is 196 Å². The van der Waals surface area contributed by atoms with Crippen molar-refractivity contribution in [3.8, 4) is 28.3 Å². The summed E-state index contributed by atoms with van der Waals surface area (Å²) in [6, 6.07) is 42.0. The van der Waals surface area contributed by atoms with Crippen LogP contribution < -0.4 is 0 Å². The van der Waals surface area contributed by atoms with Gasteiger partial charge < -0.3 is 8.98 Å². The van der Waals surface area contributed by atoms with Crippen LogP contribution in [0.15, 0.2) is 126 Å². The lowest BCUT2D eigenvalue weighted by atomic mass is 10.1. The summed E-state index contributed by atoms with van der Waals surface area (Å²) < 4.78 is 8.41. The molecule has 0 saturated heterocycles. The molecule has 0 N–H and O–H groups in total. The third kappa shape index (κ3) is 2.95. The molecule has 7 aromatic rings. The third-order valence-corrected chi connectivity index (χ3v) is 6.45. The molecular formula is C31H20N2O. The first-order valence-corrected chi connectivity index (χ1v) is 11.4. The number of rotatable bonds is 3. The Morgan fingerprint density at radius 2 is 1.15 bits per heavy atom. The maximum Gasteiger partial charge on any atom is 0.227 e. The van der Waals surface area contributed by atoms with Crippen molar-refractivity contribution in [1.82, 2.24) is 9.55 Å². The first-order valence-electron chi connectivity index (χ1n) is 11.4. The van der Waals surface area contributed by atoms with E-state index in [9.17, 15) is 0 Å². The van der Waals surface area contributed by atoms with Crippen molar-refractivity contribution < 1.29 is 4.42 Å². The second kappa shape index (κ2) is 7.46. The molecule has 2 heterocycles. The molecule has 0 saturated carbocycles. The molecule has 0 radical (unpaired) electrons. The van der Waals surface area contributed by atoms with E-state index in [1.807, 2.05) is 24.3 Å². The number of benzene rings is 5. The van der Waals surface area contributed by atoms with Crippen molar-refractivity contribution >= 4 is 32.9 Å². The molecule has 0 atom stereocenters. The number of aromatic nitrogens is 2. The quantitative estimate of drug-likeness (QED) is 0.279. The molecule has 0 amide bonds. The highest BCUT2D eigenvalue weighted by atomic mass is 16.3. The smallest absolute Gasteiger partial charge is 0.227 e. The molecule has 0 aliphatic carbocycles. The van der Waals surface area contributed by atoms with Crippen molar-refractivity contribution in [2.45, 2.75) is 0 Å². The van der Waals surface area contributed by atoms with Gasteiger partial charge in [-0.1, -0.05) is 72.8 Å². The van der Waals surface area contributed by atoms with Gasteiger partial charge in [-0.25, -0.2) is 4.98 Å². The van der Waals surface area contributed by atoms with Gasteiger partial charge >= 0.3 is 0 Å². The van der Waals surface area contributed by atoms with Crippen molar-refractivity contribution in [3.05, 3.63) is 121 Å². The summed E-state index contributed by atoms with van der Waals surface area (Å²) in [6.07, 6.45) is 0. The molecule has 160 valence electrons. The number of nitrogens with zero attached hydrogens (tertiary/aromatic N) is 2. The highest BCUT2D eigenvalue weighted by Gasteiger charge is 2.13. The van der Waals surface area contributed by atoms with Crippen LogP contribution in [0.2, 0.25) is 0 Å². The molecule has 3 heteroatoms. The van der Waals surface area contributed by atoms with Crippen LogP contribution in [0.5, 0.6) is 0 Å². The van der Waals surface area contributed by atoms with Crippen molar-refractivity contribution in [1.29, 1.82) is 0 Å². The van der Waals surface area contributed by atoms with Crippen LogP contribution >= 0.6 is 0 Å². The van der Waals surface area contributed by atoms with Gasteiger partial charge in [-0.3, -0.25) is 0 Å². The molecule has 3 nitrogen and oxygen atoms in total. The van der Waals surface area contributed by atoms with Gasteiger partial charge in [-0.2, -0.15) is 0 Å². The zero-order valence-corrected chi connectivity index (χ0v) is 18.3. The lowest BCUT2D eigenvalue weighted by molar-refractivity contribution is 0.620. The molecule has 0 aliphatic heterocycles. The Morgan fingerprint density at radius 3 is 1.85 bits per heavy atom. The summed E-state index contributed by atoms with van der Waals surface area (Å²) in [7, 11) is 0. The first-order chi connectivity index (χ1) is 16.8. The van der Waals surface area contributed by atoms with Crippen LogP contribution in [0.1, 0.15) is 0 Å². The number of fused-ring (bicyclic) bond motifs is 4. The van der Waals surface area contributed by atoms with Gasteiger partial charge in [0.1, 0.15) is 5.52 Å². The van der Waals surface area contributed by atoms with Gasteiger partial charge in [0, 0.05) is 22.0 Å². The van der Waals surface area contributed by atoms with Crippen molar-refractivity contribution in [3.63, 3.8) is 0 Å². The van der Waals surface area contributed by atoms with E-state index in [0.717, 1.165) is 27.9 Å². The van der Waals surface area contributed by atoms with E-state index in [-0.39, 0.29) is 0 Å². The Hall–Kier alpha value is -4.63. The number of hydrogen-bond donors (Lipinski definition) is 0. The van der Waals surface area contributed by atoms with Crippen LogP contribution in [0.3, 0.4) is 0 Å². The van der Waals surface area contributed by atoms with Gasteiger partial charge in [0.25, 0.3) is 0 Å². The van der Waals surface area contributed by atoms with Crippen LogP contribution in [-0.4, -0.2) is 9.55 Å². The second-order valence-corrected chi connectivity index (χ2v) is 8.48. The molecule has 5 aromatic carbocycles. The molecule has 0 fully saturated rings. The van der Waals surface area contributed by atoms with Gasteiger partial charge in [0.15, 0.2) is 5.58 Å². The summed E-state index contributed by atoms with van der Waals surface area (Å²) in [5.41, 5.74) is 8.44. The Morgan fingerprint density at radius 1 is 0.529 bits per heavy atom. The van der Waals surface area contributed by atoms with Crippen LogP contribution in [0.4, 0.5) is 0 Å². The fourth-order valence-corrected chi connectivity index (χ4v) is 4.81. The molecule has 0 aliphatic rings. The fourth-order valence-electron chi connectivity index (χ4n) is 4.81. The molecule has 7 rings (SSSR count). The van der Waals surface area contributed by atoms with E-state index in [2.05, 4.69) is 102 Å². The summed E-state index contributed by atoms with van der Waals surface area (Å²) in [4.78, 5) is 4.79. The number of hydrogen-bond acceptors (Lipinski definition) is 2. The average molecular weight is 437 g/mol. The molecule has 34 heavy (non-hydrogen) atoms. The normalized spacial score (nSPS) is 11.5. The lowest BCUT2D eigenvalue weighted by Crippen LogP contribution is -1.93. The minimum atomic E-state index is 0.633. The SMILES string of the molecule is c1ccc(-c2ccc3oc(-c4ccc(-n5c6ccccc6c6ccccc65)cc4)nc3c2)cc1. The first kappa shape index (κ1) is 18.9. The van der Waals surface area contributed by atoms with Gasteiger partial charge in [0.2, 0.25) is 5.89 Å². The Kier molecular flexibility index (Phi) is 4.15. The van der Waals surface area contributed by atoms with E-state index in [1.54, 1.807) is 0 Å². The third-order valence-electron chi connectivity index (χ3n) is 6.45. The zero-order chi connectivity index (χ0) is 22.5. The lowest BCUT2D eigenvalue weighted by Gasteiger charge is -2.08. The van der Waals surface area contributed by atoms with E-state index in [1.165, 1.54) is 27.4 Å². The number of para-hydroxylation sites is 2. The van der Waals surface area contributed by atoms with Crippen LogP contribution in [0.25, 0.3) is 61.2 Å². The molecule has 2 aromatic heterocycles. The zero-order valence-electron chi connectivity index (χ0n) is 18.3. The molecule has 0 spiro atoms. The van der Waals surface area contributed by atoms with Crippen molar-refractivity contribution in [2.24, 2.45) is 0 Å². The van der Waals surface area contributed by atoms with E-state index < -0.39 is 0 Å². The van der Waals surface area contributed by atoms with Crippen LogP contribution in [-0.2, 0) is 0 Å². The predicted molar refractivity (Wildman–Crippen MR) is 139 cm³/mol.